The average Bonchev–Trinajstić information content (AvgIpc) is 3.77. The first-order valence-electron chi connectivity index (χ1n) is 15.7. The first-order valence-corrected chi connectivity index (χ1v) is 15.7. The van der Waals surface area contributed by atoms with Gasteiger partial charge in [0.25, 0.3) is 5.91 Å². The van der Waals surface area contributed by atoms with Gasteiger partial charge in [-0.05, 0) is 86.7 Å². The van der Waals surface area contributed by atoms with E-state index in [1.165, 1.54) is 0 Å². The molecule has 0 saturated carbocycles. The molecule has 11 heteroatoms. The second-order valence-electron chi connectivity index (χ2n) is 11.6. The van der Waals surface area contributed by atoms with Crippen LogP contribution in [0.3, 0.4) is 0 Å². The van der Waals surface area contributed by atoms with E-state index in [9.17, 15) is 14.4 Å². The molecule has 0 spiro atoms. The number of imidazole rings is 1. The Bertz CT molecular complexity index is 1710. The van der Waals surface area contributed by atoms with Crippen molar-refractivity contribution in [2.45, 2.75) is 52.1 Å². The fraction of sp³-hybridized carbons (Fsp3) is 0.343. The third-order valence-corrected chi connectivity index (χ3v) is 8.28. The van der Waals surface area contributed by atoms with Gasteiger partial charge >= 0.3 is 5.97 Å². The monoisotopic (exact) mass is 623 g/mol. The quantitative estimate of drug-likeness (QED) is 0.0877. The maximum atomic E-state index is 13.9. The number of anilines is 1. The van der Waals surface area contributed by atoms with Crippen LogP contribution in [0.15, 0.2) is 66.7 Å². The average molecular weight is 624 g/mol. The highest BCUT2D eigenvalue weighted by molar-refractivity contribution is 6.11. The SMILES string of the molecule is CCCOC(=O)CN[C@@](C)(C(=O)N1CCCC1)c1ccc2[nH]c(CNc3ccc(C(=N)NC(=O)c4ccccc4)cc3)nc2c1C. The van der Waals surface area contributed by atoms with Gasteiger partial charge in [0, 0.05) is 29.9 Å². The Hall–Kier alpha value is -5.03. The number of amidine groups is 1. The van der Waals surface area contributed by atoms with Gasteiger partial charge in [-0.1, -0.05) is 31.2 Å². The molecular weight excluding hydrogens is 582 g/mol. The molecule has 11 nitrogen and oxygen atoms in total. The summed E-state index contributed by atoms with van der Waals surface area (Å²) in [6.45, 7) is 7.78. The molecule has 46 heavy (non-hydrogen) atoms. The van der Waals surface area contributed by atoms with E-state index in [1.54, 1.807) is 36.4 Å². The van der Waals surface area contributed by atoms with Crippen LogP contribution in [0, 0.1) is 12.3 Å². The van der Waals surface area contributed by atoms with Gasteiger partial charge in [-0.15, -0.1) is 0 Å². The van der Waals surface area contributed by atoms with Crippen LogP contribution in [-0.4, -0.2) is 64.7 Å². The number of nitrogens with zero attached hydrogens (tertiary/aromatic N) is 2. The third kappa shape index (κ3) is 7.26. The van der Waals surface area contributed by atoms with Crippen molar-refractivity contribution in [1.29, 1.82) is 5.41 Å². The van der Waals surface area contributed by atoms with Crippen LogP contribution in [0.2, 0.25) is 0 Å². The fourth-order valence-electron chi connectivity index (χ4n) is 5.72. The Kier molecular flexibility index (Phi) is 10.1. The Labute approximate surface area is 268 Å². The molecule has 0 bridgehead atoms. The summed E-state index contributed by atoms with van der Waals surface area (Å²) in [5.41, 5.74) is 3.98. The first kappa shape index (κ1) is 32.4. The number of amides is 2. The fourth-order valence-corrected chi connectivity index (χ4v) is 5.72. The van der Waals surface area contributed by atoms with Crippen LogP contribution in [0.4, 0.5) is 5.69 Å². The number of likely N-dealkylation sites (tertiary alicyclic amines) is 1. The smallest absolute Gasteiger partial charge is 0.319 e. The zero-order valence-corrected chi connectivity index (χ0v) is 26.5. The number of esters is 1. The van der Waals surface area contributed by atoms with Crippen LogP contribution >= 0.6 is 0 Å². The van der Waals surface area contributed by atoms with Gasteiger partial charge in [-0.25, -0.2) is 4.98 Å². The van der Waals surface area contributed by atoms with E-state index in [1.807, 2.05) is 56.0 Å². The van der Waals surface area contributed by atoms with E-state index >= 15 is 0 Å². The van der Waals surface area contributed by atoms with Gasteiger partial charge in [0.1, 0.15) is 17.2 Å². The number of benzene rings is 3. The molecule has 1 aromatic heterocycles. The zero-order valence-electron chi connectivity index (χ0n) is 26.5. The van der Waals surface area contributed by atoms with E-state index in [2.05, 4.69) is 20.9 Å². The Morgan fingerprint density at radius 1 is 1.00 bits per heavy atom. The van der Waals surface area contributed by atoms with Gasteiger partial charge < -0.3 is 25.3 Å². The van der Waals surface area contributed by atoms with Gasteiger partial charge in [0.2, 0.25) is 5.91 Å². The second kappa shape index (κ2) is 14.4. The lowest BCUT2D eigenvalue weighted by Crippen LogP contribution is -2.54. The summed E-state index contributed by atoms with van der Waals surface area (Å²) < 4.78 is 5.27. The first-order chi connectivity index (χ1) is 22.2. The number of hydrogen-bond acceptors (Lipinski definition) is 8. The molecule has 4 aromatic rings. The van der Waals surface area contributed by atoms with E-state index in [-0.39, 0.29) is 24.2 Å². The van der Waals surface area contributed by atoms with E-state index in [0.29, 0.717) is 43.2 Å². The number of carbonyl (C=O) groups is 3. The van der Waals surface area contributed by atoms with Crippen LogP contribution in [0.1, 0.15) is 66.0 Å². The number of ether oxygens (including phenoxy) is 1. The number of nitrogens with one attached hydrogen (secondary N) is 5. The van der Waals surface area contributed by atoms with Crippen LogP contribution in [0.25, 0.3) is 11.0 Å². The van der Waals surface area contributed by atoms with Gasteiger partial charge in [0.15, 0.2) is 0 Å². The van der Waals surface area contributed by atoms with Crippen molar-refractivity contribution in [1.82, 2.24) is 25.5 Å². The van der Waals surface area contributed by atoms with Crippen molar-refractivity contribution in [2.24, 2.45) is 0 Å². The largest absolute Gasteiger partial charge is 0.465 e. The van der Waals surface area contributed by atoms with Crippen molar-refractivity contribution < 1.29 is 19.1 Å². The normalized spacial score (nSPS) is 14.1. The molecule has 1 atom stereocenters. The molecule has 0 unspecified atom stereocenters. The Morgan fingerprint density at radius 3 is 2.41 bits per heavy atom. The summed E-state index contributed by atoms with van der Waals surface area (Å²) in [6.07, 6.45) is 2.65. The summed E-state index contributed by atoms with van der Waals surface area (Å²) in [5.74, 6) is -0.0557. The molecule has 240 valence electrons. The molecule has 2 heterocycles. The highest BCUT2D eigenvalue weighted by atomic mass is 16.5. The van der Waals surface area contributed by atoms with Gasteiger partial charge in [0.05, 0.1) is 30.7 Å². The lowest BCUT2D eigenvalue weighted by Gasteiger charge is -2.35. The lowest BCUT2D eigenvalue weighted by molar-refractivity contribution is -0.144. The van der Waals surface area contributed by atoms with Crippen molar-refractivity contribution in [2.75, 3.05) is 31.6 Å². The molecule has 1 fully saturated rings. The lowest BCUT2D eigenvalue weighted by atomic mass is 9.86. The molecule has 3 aromatic carbocycles. The topological polar surface area (TPSA) is 152 Å². The molecule has 5 rings (SSSR count). The molecule has 1 aliphatic rings. The number of carbonyl (C=O) groups excluding carboxylic acids is 3. The summed E-state index contributed by atoms with van der Waals surface area (Å²) in [4.78, 5) is 48.8. The molecule has 1 aliphatic heterocycles. The number of fused-ring (bicyclic) bond motifs is 1. The highest BCUT2D eigenvalue weighted by Crippen LogP contribution is 2.32. The molecular formula is C35H41N7O4. The van der Waals surface area contributed by atoms with Gasteiger partial charge in [-0.2, -0.15) is 0 Å². The number of aromatic nitrogens is 2. The predicted molar refractivity (Wildman–Crippen MR) is 178 cm³/mol. The standard InChI is InChI=1S/C35H41N7O4/c1-4-20-46-30(43)22-38-35(3,34(45)42-18-8-9-19-42)27-16-17-28-31(23(27)2)40-29(39-28)21-37-26-14-12-24(13-15-26)32(36)41-33(44)25-10-6-5-7-11-25/h5-7,10-17,37-38H,4,8-9,18-22H2,1-3H3,(H,39,40)(H2,36,41,44)/t35-/m1/s1. The second-order valence-corrected chi connectivity index (χ2v) is 11.6. The summed E-state index contributed by atoms with van der Waals surface area (Å²) in [7, 11) is 0. The number of hydrogen-bond donors (Lipinski definition) is 5. The summed E-state index contributed by atoms with van der Waals surface area (Å²) in [6, 6.07) is 19.9. The molecule has 0 radical (unpaired) electrons. The van der Waals surface area contributed by atoms with Crippen molar-refractivity contribution >= 4 is 40.3 Å². The third-order valence-electron chi connectivity index (χ3n) is 8.28. The molecule has 0 aliphatic carbocycles. The molecule has 2 amide bonds. The summed E-state index contributed by atoms with van der Waals surface area (Å²) in [5, 5.41) is 17.5. The number of H-pyrrole nitrogens is 1. The minimum absolute atomic E-state index is 0.0199. The maximum Gasteiger partial charge on any atom is 0.319 e. The number of aryl methyl sites for hydroxylation is 1. The Balaban J connectivity index is 1.28. The number of rotatable bonds is 12. The van der Waals surface area contributed by atoms with E-state index < -0.39 is 11.5 Å². The predicted octanol–water partition coefficient (Wildman–Crippen LogP) is 4.62. The molecule has 1 saturated heterocycles. The van der Waals surface area contributed by atoms with Crippen molar-refractivity contribution in [3.05, 3.63) is 94.8 Å². The van der Waals surface area contributed by atoms with Crippen molar-refractivity contribution in [3.8, 4) is 0 Å². The maximum absolute atomic E-state index is 13.9. The minimum Gasteiger partial charge on any atom is -0.465 e. The van der Waals surface area contributed by atoms with Crippen LogP contribution in [0.5, 0.6) is 0 Å². The van der Waals surface area contributed by atoms with Gasteiger partial charge in [-0.3, -0.25) is 25.1 Å². The van der Waals surface area contributed by atoms with Crippen LogP contribution in [-0.2, 0) is 26.4 Å². The zero-order chi connectivity index (χ0) is 32.7. The van der Waals surface area contributed by atoms with E-state index in [4.69, 9.17) is 15.1 Å². The van der Waals surface area contributed by atoms with Crippen molar-refractivity contribution in [3.63, 3.8) is 0 Å². The Morgan fingerprint density at radius 2 is 1.72 bits per heavy atom. The number of aromatic amines is 1. The van der Waals surface area contributed by atoms with Crippen LogP contribution < -0.4 is 16.0 Å². The molecule has 5 N–H and O–H groups in total. The van der Waals surface area contributed by atoms with E-state index in [0.717, 1.165) is 47.1 Å². The summed E-state index contributed by atoms with van der Waals surface area (Å²) >= 11 is 0. The minimum atomic E-state index is -1.14. The highest BCUT2D eigenvalue weighted by Gasteiger charge is 2.41.